The number of thiophene rings is 1. The molecule has 1 aliphatic rings. The molecule has 2 aromatic rings. The topological polar surface area (TPSA) is 49.8 Å². The summed E-state index contributed by atoms with van der Waals surface area (Å²) >= 11 is 1.80. The molecule has 4 nitrogen and oxygen atoms in total. The number of hydrogen-bond donors (Lipinski definition) is 2. The van der Waals surface area contributed by atoms with Gasteiger partial charge in [-0.25, -0.2) is 9.97 Å². The highest BCUT2D eigenvalue weighted by Gasteiger charge is 2.19. The summed E-state index contributed by atoms with van der Waals surface area (Å²) in [6.45, 7) is 6.98. The molecule has 0 saturated heterocycles. The number of nitrogens with zero attached hydrogens (tertiary/aromatic N) is 2. The molecular formula is C12H16N4S. The van der Waals surface area contributed by atoms with Gasteiger partial charge in [0.15, 0.2) is 0 Å². The molecule has 0 unspecified atom stereocenters. The molecule has 5 heteroatoms. The van der Waals surface area contributed by atoms with Crippen LogP contribution in [0.5, 0.6) is 0 Å². The van der Waals surface area contributed by atoms with Crippen LogP contribution < -0.4 is 10.6 Å². The van der Waals surface area contributed by atoms with Crippen LogP contribution in [0.2, 0.25) is 0 Å². The van der Waals surface area contributed by atoms with Crippen LogP contribution in [0.1, 0.15) is 23.2 Å². The van der Waals surface area contributed by atoms with E-state index in [0.29, 0.717) is 0 Å². The van der Waals surface area contributed by atoms with E-state index in [0.717, 1.165) is 42.5 Å². The first-order valence-electron chi connectivity index (χ1n) is 6.03. The average Bonchev–Trinajstić information content (AvgIpc) is 2.67. The first-order valence-corrected chi connectivity index (χ1v) is 6.84. The summed E-state index contributed by atoms with van der Waals surface area (Å²) in [6.07, 6.45) is 1.08. The van der Waals surface area contributed by atoms with Gasteiger partial charge in [0.1, 0.15) is 16.5 Å². The Morgan fingerprint density at radius 1 is 1.41 bits per heavy atom. The Morgan fingerprint density at radius 2 is 2.29 bits per heavy atom. The number of hydrogen-bond acceptors (Lipinski definition) is 5. The van der Waals surface area contributed by atoms with E-state index in [1.54, 1.807) is 11.3 Å². The van der Waals surface area contributed by atoms with Crippen LogP contribution in [-0.2, 0) is 13.0 Å². The molecule has 2 aromatic heterocycles. The molecule has 3 heterocycles. The molecule has 0 fully saturated rings. The van der Waals surface area contributed by atoms with Crippen molar-refractivity contribution < 1.29 is 0 Å². The molecule has 0 radical (unpaired) electrons. The van der Waals surface area contributed by atoms with Crippen molar-refractivity contribution in [1.29, 1.82) is 0 Å². The molecule has 1 aliphatic heterocycles. The highest BCUT2D eigenvalue weighted by atomic mass is 32.1. The van der Waals surface area contributed by atoms with Crippen molar-refractivity contribution in [3.05, 3.63) is 16.3 Å². The molecule has 0 amide bonds. The second kappa shape index (κ2) is 4.23. The van der Waals surface area contributed by atoms with Gasteiger partial charge >= 0.3 is 0 Å². The maximum absolute atomic E-state index is 4.56. The molecule has 17 heavy (non-hydrogen) atoms. The number of aryl methyl sites for hydroxylation is 1. The van der Waals surface area contributed by atoms with Crippen LogP contribution >= 0.6 is 11.3 Å². The molecule has 0 spiro atoms. The molecule has 0 saturated carbocycles. The van der Waals surface area contributed by atoms with Crippen LogP contribution in [0.25, 0.3) is 10.2 Å². The van der Waals surface area contributed by atoms with Crippen molar-refractivity contribution in [3.8, 4) is 0 Å². The highest BCUT2D eigenvalue weighted by molar-refractivity contribution is 7.19. The van der Waals surface area contributed by atoms with E-state index in [-0.39, 0.29) is 0 Å². The molecule has 3 rings (SSSR count). The lowest BCUT2D eigenvalue weighted by Crippen LogP contribution is -2.22. The summed E-state index contributed by atoms with van der Waals surface area (Å²) < 4.78 is 0. The second-order valence-electron chi connectivity index (χ2n) is 4.26. The summed E-state index contributed by atoms with van der Waals surface area (Å²) in [5.74, 6) is 1.86. The number of aromatic nitrogens is 2. The Labute approximate surface area is 104 Å². The Hall–Kier alpha value is -1.20. The number of rotatable bonds is 2. The zero-order chi connectivity index (χ0) is 11.8. The van der Waals surface area contributed by atoms with Gasteiger partial charge < -0.3 is 10.6 Å². The number of anilines is 1. The number of fused-ring (bicyclic) bond motifs is 3. The first-order chi connectivity index (χ1) is 8.29. The maximum atomic E-state index is 4.56. The minimum atomic E-state index is 0.847. The molecular weight excluding hydrogens is 232 g/mol. The molecule has 0 bridgehead atoms. The highest BCUT2D eigenvalue weighted by Crippen LogP contribution is 2.35. The van der Waals surface area contributed by atoms with Gasteiger partial charge in [0, 0.05) is 18.0 Å². The minimum Gasteiger partial charge on any atom is -0.370 e. The van der Waals surface area contributed by atoms with E-state index in [1.165, 1.54) is 15.8 Å². The Balaban J connectivity index is 2.26. The molecule has 0 aliphatic carbocycles. The van der Waals surface area contributed by atoms with Gasteiger partial charge in [-0.15, -0.1) is 11.3 Å². The van der Waals surface area contributed by atoms with E-state index in [1.807, 2.05) is 6.92 Å². The van der Waals surface area contributed by atoms with Crippen LogP contribution in [0.3, 0.4) is 0 Å². The van der Waals surface area contributed by atoms with E-state index in [9.17, 15) is 0 Å². The van der Waals surface area contributed by atoms with E-state index >= 15 is 0 Å². The quantitative estimate of drug-likeness (QED) is 0.854. The summed E-state index contributed by atoms with van der Waals surface area (Å²) in [5, 5.41) is 8.02. The fourth-order valence-electron chi connectivity index (χ4n) is 2.33. The normalized spacial score (nSPS) is 14.9. The zero-order valence-corrected chi connectivity index (χ0v) is 10.9. The third-order valence-electron chi connectivity index (χ3n) is 3.03. The van der Waals surface area contributed by atoms with Crippen molar-refractivity contribution in [3.63, 3.8) is 0 Å². The van der Waals surface area contributed by atoms with Crippen molar-refractivity contribution in [1.82, 2.24) is 15.3 Å². The lowest BCUT2D eigenvalue weighted by Gasteiger charge is -2.13. The largest absolute Gasteiger partial charge is 0.370 e. The standard InChI is InChI=1S/C12H16N4S/c1-3-14-11-10-8-4-5-13-6-9(8)17-12(10)16-7(2)15-11/h13H,3-6H2,1-2H3,(H,14,15,16). The number of nitrogens with one attached hydrogen (secondary N) is 2. The summed E-state index contributed by atoms with van der Waals surface area (Å²) in [4.78, 5) is 11.6. The Kier molecular flexibility index (Phi) is 2.72. The Bertz CT molecular complexity index is 561. The van der Waals surface area contributed by atoms with Crippen LogP contribution in [0.4, 0.5) is 5.82 Å². The monoisotopic (exact) mass is 248 g/mol. The lowest BCUT2D eigenvalue weighted by molar-refractivity contribution is 0.657. The van der Waals surface area contributed by atoms with Gasteiger partial charge in [-0.1, -0.05) is 0 Å². The molecule has 2 N–H and O–H groups in total. The Morgan fingerprint density at radius 3 is 3.12 bits per heavy atom. The average molecular weight is 248 g/mol. The van der Waals surface area contributed by atoms with Crippen LogP contribution in [0, 0.1) is 6.92 Å². The van der Waals surface area contributed by atoms with Crippen molar-refractivity contribution in [2.24, 2.45) is 0 Å². The van der Waals surface area contributed by atoms with Crippen molar-refractivity contribution in [2.45, 2.75) is 26.8 Å². The van der Waals surface area contributed by atoms with E-state index < -0.39 is 0 Å². The van der Waals surface area contributed by atoms with Crippen LogP contribution in [0.15, 0.2) is 0 Å². The van der Waals surface area contributed by atoms with Gasteiger partial charge in [-0.2, -0.15) is 0 Å². The third kappa shape index (κ3) is 1.79. The SMILES string of the molecule is CCNc1nc(C)nc2sc3c(c12)CCNC3. The van der Waals surface area contributed by atoms with Gasteiger partial charge in [0.05, 0.1) is 5.39 Å². The van der Waals surface area contributed by atoms with Gasteiger partial charge in [0.2, 0.25) is 0 Å². The van der Waals surface area contributed by atoms with Gasteiger partial charge in [0.25, 0.3) is 0 Å². The van der Waals surface area contributed by atoms with Crippen LogP contribution in [-0.4, -0.2) is 23.1 Å². The van der Waals surface area contributed by atoms with Crippen molar-refractivity contribution >= 4 is 27.4 Å². The van der Waals surface area contributed by atoms with Gasteiger partial charge in [-0.3, -0.25) is 0 Å². The molecule has 90 valence electrons. The van der Waals surface area contributed by atoms with E-state index in [2.05, 4.69) is 27.5 Å². The predicted octanol–water partition coefficient (Wildman–Crippen LogP) is 2.08. The summed E-state index contributed by atoms with van der Waals surface area (Å²) in [7, 11) is 0. The smallest absolute Gasteiger partial charge is 0.138 e. The molecule has 0 aromatic carbocycles. The zero-order valence-electron chi connectivity index (χ0n) is 10.1. The van der Waals surface area contributed by atoms with E-state index in [4.69, 9.17) is 0 Å². The summed E-state index contributed by atoms with van der Waals surface area (Å²) in [6, 6.07) is 0. The fraction of sp³-hybridized carbons (Fsp3) is 0.500. The predicted molar refractivity (Wildman–Crippen MR) is 71.7 cm³/mol. The minimum absolute atomic E-state index is 0.847. The fourth-order valence-corrected chi connectivity index (χ4v) is 3.56. The van der Waals surface area contributed by atoms with Gasteiger partial charge in [-0.05, 0) is 32.4 Å². The first kappa shape index (κ1) is 10.9. The van der Waals surface area contributed by atoms with Crippen molar-refractivity contribution in [2.75, 3.05) is 18.4 Å². The maximum Gasteiger partial charge on any atom is 0.138 e. The summed E-state index contributed by atoms with van der Waals surface area (Å²) in [5.41, 5.74) is 1.44. The molecule has 0 atom stereocenters. The third-order valence-corrected chi connectivity index (χ3v) is 4.15. The second-order valence-corrected chi connectivity index (χ2v) is 5.34. The lowest BCUT2D eigenvalue weighted by atomic mass is 10.1.